The van der Waals surface area contributed by atoms with E-state index in [0.29, 0.717) is 22.5 Å². The van der Waals surface area contributed by atoms with Crippen LogP contribution in [-0.2, 0) is 0 Å². The number of ketones is 1. The van der Waals surface area contributed by atoms with Crippen LogP contribution in [0.25, 0.3) is 11.1 Å². The van der Waals surface area contributed by atoms with Crippen LogP contribution in [0.15, 0.2) is 35.0 Å². The van der Waals surface area contributed by atoms with E-state index in [9.17, 15) is 4.79 Å². The van der Waals surface area contributed by atoms with E-state index in [0.717, 1.165) is 5.69 Å². The highest BCUT2D eigenvalue weighted by molar-refractivity contribution is 6.08. The van der Waals surface area contributed by atoms with Crippen LogP contribution in [0, 0.1) is 13.8 Å². The summed E-state index contributed by atoms with van der Waals surface area (Å²) < 4.78 is 5.51. The monoisotopic (exact) mass is 253 g/mol. The molecule has 3 aromatic heterocycles. The van der Waals surface area contributed by atoms with Crippen molar-refractivity contribution in [3.8, 4) is 0 Å². The van der Waals surface area contributed by atoms with Crippen LogP contribution < -0.4 is 0 Å². The molecule has 3 aromatic rings. The summed E-state index contributed by atoms with van der Waals surface area (Å²) in [6, 6.07) is 5.28. The second kappa shape index (κ2) is 4.28. The van der Waals surface area contributed by atoms with Gasteiger partial charge >= 0.3 is 0 Å². The fourth-order valence-corrected chi connectivity index (χ4v) is 1.88. The molecule has 5 nitrogen and oxygen atoms in total. The fourth-order valence-electron chi connectivity index (χ4n) is 1.88. The van der Waals surface area contributed by atoms with Crippen molar-refractivity contribution in [1.29, 1.82) is 0 Å². The van der Waals surface area contributed by atoms with Crippen LogP contribution in [0.4, 0.5) is 0 Å². The summed E-state index contributed by atoms with van der Waals surface area (Å²) >= 11 is 0. The quantitative estimate of drug-likeness (QED) is 0.656. The van der Waals surface area contributed by atoms with Crippen molar-refractivity contribution in [2.24, 2.45) is 0 Å². The Balaban J connectivity index is 2.09. The number of aromatic nitrogens is 3. The second-order valence-electron chi connectivity index (χ2n) is 4.27. The molecule has 0 aliphatic carbocycles. The number of aryl methyl sites for hydroxylation is 2. The van der Waals surface area contributed by atoms with Crippen LogP contribution in [0.3, 0.4) is 0 Å². The molecular formula is C14H11N3O2. The first-order valence-corrected chi connectivity index (χ1v) is 5.84. The van der Waals surface area contributed by atoms with Gasteiger partial charge in [-0.1, -0.05) is 0 Å². The van der Waals surface area contributed by atoms with Gasteiger partial charge in [-0.05, 0) is 26.0 Å². The third kappa shape index (κ3) is 1.99. The van der Waals surface area contributed by atoms with Crippen molar-refractivity contribution in [1.82, 2.24) is 15.0 Å². The topological polar surface area (TPSA) is 68.9 Å². The molecule has 94 valence electrons. The van der Waals surface area contributed by atoms with Crippen molar-refractivity contribution >= 4 is 16.9 Å². The minimum atomic E-state index is -0.277. The summed E-state index contributed by atoms with van der Waals surface area (Å²) in [5.41, 5.74) is 3.03. The van der Waals surface area contributed by atoms with Gasteiger partial charge in [0.15, 0.2) is 11.3 Å². The van der Waals surface area contributed by atoms with Crippen LogP contribution in [0.2, 0.25) is 0 Å². The average molecular weight is 253 g/mol. The van der Waals surface area contributed by atoms with E-state index in [1.165, 1.54) is 6.20 Å². The maximum absolute atomic E-state index is 12.3. The Bertz CT molecular complexity index is 777. The van der Waals surface area contributed by atoms with Gasteiger partial charge in [-0.3, -0.25) is 9.78 Å². The molecule has 3 heterocycles. The Labute approximate surface area is 109 Å². The molecule has 0 saturated heterocycles. The fraction of sp³-hybridized carbons (Fsp3) is 0.143. The molecule has 0 fully saturated rings. The molecule has 3 rings (SSSR count). The van der Waals surface area contributed by atoms with Gasteiger partial charge < -0.3 is 4.42 Å². The molecule has 0 aliphatic heterocycles. The zero-order valence-electron chi connectivity index (χ0n) is 10.5. The van der Waals surface area contributed by atoms with Crippen LogP contribution in [-0.4, -0.2) is 20.7 Å². The van der Waals surface area contributed by atoms with Crippen LogP contribution >= 0.6 is 0 Å². The molecule has 0 saturated carbocycles. The molecule has 0 unspecified atom stereocenters. The lowest BCUT2D eigenvalue weighted by atomic mass is 10.2. The Morgan fingerprint density at radius 3 is 2.74 bits per heavy atom. The number of carbonyl (C=O) groups excluding carboxylic acids is 1. The first-order chi connectivity index (χ1) is 9.15. The van der Waals surface area contributed by atoms with E-state index in [1.54, 1.807) is 25.3 Å². The summed E-state index contributed by atoms with van der Waals surface area (Å²) in [4.78, 5) is 24.7. The lowest BCUT2D eigenvalue weighted by Crippen LogP contribution is -2.06. The molecule has 0 radical (unpaired) electrons. The SMILES string of the molecule is Cc1ccc2oc(C(=O)c3nccnc3C)cc2n1. The minimum absolute atomic E-state index is 0.233. The normalized spacial score (nSPS) is 10.8. The number of pyridine rings is 1. The smallest absolute Gasteiger partial charge is 0.248 e. The van der Waals surface area contributed by atoms with Gasteiger partial charge in [0, 0.05) is 24.2 Å². The van der Waals surface area contributed by atoms with Gasteiger partial charge in [-0.15, -0.1) is 0 Å². The number of furan rings is 1. The Kier molecular flexibility index (Phi) is 2.59. The first-order valence-electron chi connectivity index (χ1n) is 5.84. The summed E-state index contributed by atoms with van der Waals surface area (Å²) in [5.74, 6) is -0.0436. The van der Waals surface area contributed by atoms with Crippen LogP contribution in [0.1, 0.15) is 27.6 Å². The van der Waals surface area contributed by atoms with Gasteiger partial charge in [0.1, 0.15) is 11.2 Å². The van der Waals surface area contributed by atoms with Gasteiger partial charge in [-0.25, -0.2) is 9.97 Å². The van der Waals surface area contributed by atoms with Crippen LogP contribution in [0.5, 0.6) is 0 Å². The van der Waals surface area contributed by atoms with Crippen molar-refractivity contribution in [3.63, 3.8) is 0 Å². The van der Waals surface area contributed by atoms with Gasteiger partial charge in [0.25, 0.3) is 0 Å². The number of rotatable bonds is 2. The molecule has 5 heteroatoms. The summed E-state index contributed by atoms with van der Waals surface area (Å²) in [5, 5.41) is 0. The Morgan fingerprint density at radius 1 is 1.16 bits per heavy atom. The van der Waals surface area contributed by atoms with Crippen molar-refractivity contribution in [2.75, 3.05) is 0 Å². The number of carbonyl (C=O) groups is 1. The molecule has 0 amide bonds. The number of nitrogens with zero attached hydrogens (tertiary/aromatic N) is 3. The lowest BCUT2D eigenvalue weighted by Gasteiger charge is -1.98. The number of hydrogen-bond donors (Lipinski definition) is 0. The van der Waals surface area contributed by atoms with E-state index in [1.807, 2.05) is 13.0 Å². The molecule has 19 heavy (non-hydrogen) atoms. The molecule has 0 spiro atoms. The highest BCUT2D eigenvalue weighted by Gasteiger charge is 2.18. The van der Waals surface area contributed by atoms with Gasteiger partial charge in [0.05, 0.1) is 5.69 Å². The zero-order valence-corrected chi connectivity index (χ0v) is 10.5. The highest BCUT2D eigenvalue weighted by atomic mass is 16.3. The molecular weight excluding hydrogens is 242 g/mol. The van der Waals surface area contributed by atoms with Gasteiger partial charge in [0.2, 0.25) is 5.78 Å². The predicted octanol–water partition coefficient (Wildman–Crippen LogP) is 2.47. The summed E-state index contributed by atoms with van der Waals surface area (Å²) in [7, 11) is 0. The van der Waals surface area contributed by atoms with Crippen molar-refractivity contribution < 1.29 is 9.21 Å². The number of fused-ring (bicyclic) bond motifs is 1. The predicted molar refractivity (Wildman–Crippen MR) is 68.9 cm³/mol. The second-order valence-corrected chi connectivity index (χ2v) is 4.27. The molecule has 0 aliphatic rings. The molecule has 0 atom stereocenters. The maximum Gasteiger partial charge on any atom is 0.248 e. The van der Waals surface area contributed by atoms with E-state index in [4.69, 9.17) is 4.42 Å². The largest absolute Gasteiger partial charge is 0.451 e. The van der Waals surface area contributed by atoms with E-state index in [-0.39, 0.29) is 11.5 Å². The molecule has 0 bridgehead atoms. The van der Waals surface area contributed by atoms with Crippen molar-refractivity contribution in [3.05, 3.63) is 53.4 Å². The lowest BCUT2D eigenvalue weighted by molar-refractivity contribution is 0.101. The minimum Gasteiger partial charge on any atom is -0.451 e. The summed E-state index contributed by atoms with van der Waals surface area (Å²) in [6.45, 7) is 3.63. The maximum atomic E-state index is 12.3. The van der Waals surface area contributed by atoms with E-state index >= 15 is 0 Å². The highest BCUT2D eigenvalue weighted by Crippen LogP contribution is 2.20. The average Bonchev–Trinajstić information content (AvgIpc) is 2.81. The number of hydrogen-bond acceptors (Lipinski definition) is 5. The molecule has 0 N–H and O–H groups in total. The van der Waals surface area contributed by atoms with E-state index in [2.05, 4.69) is 15.0 Å². The Morgan fingerprint density at radius 2 is 1.95 bits per heavy atom. The first kappa shape index (κ1) is 11.5. The van der Waals surface area contributed by atoms with Crippen molar-refractivity contribution in [2.45, 2.75) is 13.8 Å². The molecule has 0 aromatic carbocycles. The third-order valence-corrected chi connectivity index (χ3v) is 2.83. The third-order valence-electron chi connectivity index (χ3n) is 2.83. The standard InChI is InChI=1S/C14H11N3O2/c1-8-3-4-11-10(17-8)7-12(19-11)14(18)13-9(2)15-5-6-16-13/h3-7H,1-2H3. The Hall–Kier alpha value is -2.56. The van der Waals surface area contributed by atoms with Gasteiger partial charge in [-0.2, -0.15) is 0 Å². The summed E-state index contributed by atoms with van der Waals surface area (Å²) in [6.07, 6.45) is 3.04. The zero-order chi connectivity index (χ0) is 13.4. The van der Waals surface area contributed by atoms with E-state index < -0.39 is 0 Å².